The molecule has 112 valence electrons. The average Bonchev–Trinajstić information content (AvgIpc) is 2.50. The number of methoxy groups -OCH3 is 1. The molecule has 1 aromatic heterocycles. The minimum absolute atomic E-state index is 0.0835. The predicted molar refractivity (Wildman–Crippen MR) is 82.1 cm³/mol. The van der Waals surface area contributed by atoms with E-state index in [-0.39, 0.29) is 11.8 Å². The van der Waals surface area contributed by atoms with Crippen molar-refractivity contribution in [2.24, 2.45) is 0 Å². The molecule has 2 aromatic rings. The summed E-state index contributed by atoms with van der Waals surface area (Å²) < 4.78 is 10.5. The van der Waals surface area contributed by atoms with Crippen LogP contribution in [0.1, 0.15) is 25.5 Å². The minimum atomic E-state index is -0.0835. The van der Waals surface area contributed by atoms with E-state index in [1.807, 2.05) is 32.0 Å². The van der Waals surface area contributed by atoms with Crippen LogP contribution in [0.4, 0.5) is 5.69 Å². The van der Waals surface area contributed by atoms with Gasteiger partial charge in [-0.25, -0.2) is 4.98 Å². The number of pyridine rings is 1. The molecule has 0 saturated carbocycles. The van der Waals surface area contributed by atoms with Crippen molar-refractivity contribution in [3.8, 4) is 17.4 Å². The Balaban J connectivity index is 2.11. The highest BCUT2D eigenvalue weighted by Gasteiger charge is 2.12. The second-order valence-corrected chi connectivity index (χ2v) is 4.61. The van der Waals surface area contributed by atoms with Crippen molar-refractivity contribution in [1.82, 2.24) is 4.98 Å². The molecule has 0 fully saturated rings. The van der Waals surface area contributed by atoms with Gasteiger partial charge in [-0.3, -0.25) is 0 Å². The Labute approximate surface area is 124 Å². The summed E-state index contributed by atoms with van der Waals surface area (Å²) in [5.41, 5.74) is 1.62. The van der Waals surface area contributed by atoms with Gasteiger partial charge in [-0.15, -0.1) is 0 Å². The summed E-state index contributed by atoms with van der Waals surface area (Å²) in [6.45, 7) is 4.47. The Bertz CT molecular complexity index is 585. The minimum Gasteiger partial charge on any atom is -0.508 e. The van der Waals surface area contributed by atoms with Gasteiger partial charge in [0.25, 0.3) is 0 Å². The number of ether oxygens (including phenoxy) is 2. The summed E-state index contributed by atoms with van der Waals surface area (Å²) in [6, 6.07) is 8.79. The first kappa shape index (κ1) is 15.0. The van der Waals surface area contributed by atoms with Gasteiger partial charge in [0.1, 0.15) is 11.5 Å². The largest absolute Gasteiger partial charge is 0.508 e. The number of phenolic OH excluding ortho intramolecular Hbond substituents is 1. The number of phenols is 1. The van der Waals surface area contributed by atoms with E-state index in [1.165, 1.54) is 0 Å². The fourth-order valence-corrected chi connectivity index (χ4v) is 2.03. The summed E-state index contributed by atoms with van der Waals surface area (Å²) in [6.07, 6.45) is 1.71. The molecule has 0 bridgehead atoms. The molecule has 1 heterocycles. The number of hydrogen-bond donors (Lipinski definition) is 2. The standard InChI is InChI=1S/C16H20N2O3/c1-4-21-16-8-5-12(10-17-16)18-11(2)14-9-13(20-3)6-7-15(14)19/h5-11,18-19H,4H2,1-3H3. The normalized spacial score (nSPS) is 11.8. The van der Waals surface area contributed by atoms with Crippen LogP contribution >= 0.6 is 0 Å². The second kappa shape index (κ2) is 6.83. The Hall–Kier alpha value is -2.43. The van der Waals surface area contributed by atoms with Crippen LogP contribution in [-0.4, -0.2) is 23.8 Å². The lowest BCUT2D eigenvalue weighted by atomic mass is 10.1. The first-order valence-electron chi connectivity index (χ1n) is 6.86. The highest BCUT2D eigenvalue weighted by atomic mass is 16.5. The molecule has 1 aromatic carbocycles. The smallest absolute Gasteiger partial charge is 0.213 e. The number of aromatic nitrogens is 1. The zero-order valence-corrected chi connectivity index (χ0v) is 12.5. The van der Waals surface area contributed by atoms with Gasteiger partial charge in [-0.05, 0) is 38.1 Å². The molecule has 0 spiro atoms. The third-order valence-corrected chi connectivity index (χ3v) is 3.11. The van der Waals surface area contributed by atoms with Crippen molar-refractivity contribution in [2.75, 3.05) is 19.0 Å². The summed E-state index contributed by atoms with van der Waals surface area (Å²) in [4.78, 5) is 4.20. The second-order valence-electron chi connectivity index (χ2n) is 4.61. The molecule has 0 aliphatic heterocycles. The molecular formula is C16H20N2O3. The number of aromatic hydroxyl groups is 1. The number of rotatable bonds is 6. The molecule has 0 amide bonds. The lowest BCUT2D eigenvalue weighted by molar-refractivity contribution is 0.327. The molecule has 1 atom stereocenters. The van der Waals surface area contributed by atoms with Gasteiger partial charge in [0.05, 0.1) is 31.6 Å². The van der Waals surface area contributed by atoms with Crippen LogP contribution in [0.5, 0.6) is 17.4 Å². The predicted octanol–water partition coefficient (Wildman–Crippen LogP) is 3.37. The van der Waals surface area contributed by atoms with E-state index in [9.17, 15) is 5.11 Å². The van der Waals surface area contributed by atoms with Crippen molar-refractivity contribution in [1.29, 1.82) is 0 Å². The van der Waals surface area contributed by atoms with Crippen LogP contribution in [0.2, 0.25) is 0 Å². The highest BCUT2D eigenvalue weighted by molar-refractivity contribution is 5.48. The summed E-state index contributed by atoms with van der Waals surface area (Å²) in [5, 5.41) is 13.2. The van der Waals surface area contributed by atoms with E-state index < -0.39 is 0 Å². The number of nitrogens with one attached hydrogen (secondary N) is 1. The van der Waals surface area contributed by atoms with Crippen molar-refractivity contribution in [3.05, 3.63) is 42.1 Å². The van der Waals surface area contributed by atoms with Gasteiger partial charge in [0, 0.05) is 11.6 Å². The van der Waals surface area contributed by atoms with Crippen LogP contribution in [0.15, 0.2) is 36.5 Å². The molecule has 2 N–H and O–H groups in total. The Morgan fingerprint density at radius 2 is 2.10 bits per heavy atom. The highest BCUT2D eigenvalue weighted by Crippen LogP contribution is 2.30. The maximum atomic E-state index is 9.96. The van der Waals surface area contributed by atoms with Crippen LogP contribution in [-0.2, 0) is 0 Å². The maximum absolute atomic E-state index is 9.96. The van der Waals surface area contributed by atoms with Crippen LogP contribution in [0, 0.1) is 0 Å². The topological polar surface area (TPSA) is 63.6 Å². The van der Waals surface area contributed by atoms with Gasteiger partial charge in [0.15, 0.2) is 0 Å². The SMILES string of the molecule is CCOc1ccc(NC(C)c2cc(OC)ccc2O)cn1. The summed E-state index contributed by atoms with van der Waals surface area (Å²) in [7, 11) is 1.60. The number of nitrogens with zero attached hydrogens (tertiary/aromatic N) is 1. The van der Waals surface area contributed by atoms with E-state index in [2.05, 4.69) is 10.3 Å². The zero-order chi connectivity index (χ0) is 15.2. The first-order chi connectivity index (χ1) is 10.1. The molecule has 0 saturated heterocycles. The van der Waals surface area contributed by atoms with E-state index in [0.717, 1.165) is 11.3 Å². The number of hydrogen-bond acceptors (Lipinski definition) is 5. The van der Waals surface area contributed by atoms with Crippen LogP contribution in [0.3, 0.4) is 0 Å². The van der Waals surface area contributed by atoms with E-state index in [4.69, 9.17) is 9.47 Å². The Kier molecular flexibility index (Phi) is 4.87. The summed E-state index contributed by atoms with van der Waals surface area (Å²) >= 11 is 0. The molecule has 21 heavy (non-hydrogen) atoms. The van der Waals surface area contributed by atoms with Gasteiger partial charge in [-0.2, -0.15) is 0 Å². The van der Waals surface area contributed by atoms with Crippen LogP contribution < -0.4 is 14.8 Å². The van der Waals surface area contributed by atoms with Crippen molar-refractivity contribution in [3.63, 3.8) is 0 Å². The Morgan fingerprint density at radius 3 is 2.71 bits per heavy atom. The monoisotopic (exact) mass is 288 g/mol. The summed E-state index contributed by atoms with van der Waals surface area (Å²) in [5.74, 6) is 1.54. The lowest BCUT2D eigenvalue weighted by Crippen LogP contribution is -2.07. The first-order valence-corrected chi connectivity index (χ1v) is 6.86. The van der Waals surface area contributed by atoms with Gasteiger partial charge in [-0.1, -0.05) is 0 Å². The van der Waals surface area contributed by atoms with E-state index >= 15 is 0 Å². The molecular weight excluding hydrogens is 268 g/mol. The molecule has 5 heteroatoms. The van der Waals surface area contributed by atoms with Gasteiger partial charge >= 0.3 is 0 Å². The maximum Gasteiger partial charge on any atom is 0.213 e. The van der Waals surface area contributed by atoms with Gasteiger partial charge < -0.3 is 19.9 Å². The van der Waals surface area contributed by atoms with Crippen LogP contribution in [0.25, 0.3) is 0 Å². The fourth-order valence-electron chi connectivity index (χ4n) is 2.03. The van der Waals surface area contributed by atoms with Crippen molar-refractivity contribution >= 4 is 5.69 Å². The lowest BCUT2D eigenvalue weighted by Gasteiger charge is -2.17. The number of anilines is 1. The molecule has 2 rings (SSSR count). The van der Waals surface area contributed by atoms with E-state index in [1.54, 1.807) is 25.4 Å². The quantitative estimate of drug-likeness (QED) is 0.853. The molecule has 1 unspecified atom stereocenters. The average molecular weight is 288 g/mol. The molecule has 5 nitrogen and oxygen atoms in total. The van der Waals surface area contributed by atoms with Crippen molar-refractivity contribution < 1.29 is 14.6 Å². The van der Waals surface area contributed by atoms with E-state index in [0.29, 0.717) is 18.2 Å². The molecule has 0 aliphatic carbocycles. The third kappa shape index (κ3) is 3.78. The Morgan fingerprint density at radius 1 is 1.29 bits per heavy atom. The zero-order valence-electron chi connectivity index (χ0n) is 12.5. The number of benzene rings is 1. The third-order valence-electron chi connectivity index (χ3n) is 3.11. The fraction of sp³-hybridized carbons (Fsp3) is 0.312. The molecule has 0 aliphatic rings. The van der Waals surface area contributed by atoms with Gasteiger partial charge in [0.2, 0.25) is 5.88 Å². The van der Waals surface area contributed by atoms with Crippen molar-refractivity contribution in [2.45, 2.75) is 19.9 Å². The molecule has 0 radical (unpaired) electrons.